The molecule has 3 aromatic rings. The molecule has 9 N–H and O–H groups in total. The second kappa shape index (κ2) is 19.3. The summed E-state index contributed by atoms with van der Waals surface area (Å²) in [5.74, 6) is 3.62. The van der Waals surface area contributed by atoms with E-state index in [0.717, 1.165) is 86.4 Å². The van der Waals surface area contributed by atoms with Gasteiger partial charge in [-0.25, -0.2) is 0 Å². The normalized spacial score (nSPS) is 22.2. The molecule has 6 unspecified atom stereocenters. The number of aromatic amines is 1. The Balaban J connectivity index is 1.13. The van der Waals surface area contributed by atoms with E-state index in [4.69, 9.17) is 14.9 Å². The number of benzene rings is 1. The molecule has 3 aliphatic rings. The first kappa shape index (κ1) is 40.8. The first-order chi connectivity index (χ1) is 26.2. The third kappa shape index (κ3) is 9.74. The summed E-state index contributed by atoms with van der Waals surface area (Å²) in [4.78, 5) is 3.72. The Morgan fingerprint density at radius 2 is 1.78 bits per heavy atom. The number of aromatic hydroxyl groups is 1. The molecule has 54 heavy (non-hydrogen) atoms. The number of nitrogens with one attached hydrogen (secondary N) is 3. The highest BCUT2D eigenvalue weighted by molar-refractivity contribution is 5.42. The van der Waals surface area contributed by atoms with Crippen LogP contribution in [0.4, 0.5) is 0 Å². The molecule has 0 bridgehead atoms. The highest BCUT2D eigenvalue weighted by Gasteiger charge is 2.53. The van der Waals surface area contributed by atoms with Gasteiger partial charge in [0, 0.05) is 54.8 Å². The number of nitrogens with two attached hydrogens (primary N) is 1. The van der Waals surface area contributed by atoms with Crippen molar-refractivity contribution >= 4 is 0 Å². The Bertz CT molecular complexity index is 1600. The van der Waals surface area contributed by atoms with Gasteiger partial charge in [-0.15, -0.1) is 0 Å². The van der Waals surface area contributed by atoms with Gasteiger partial charge in [0.15, 0.2) is 11.5 Å². The number of aryl methyl sites for hydroxylation is 3. The molecule has 2 fully saturated rings. The summed E-state index contributed by atoms with van der Waals surface area (Å²) >= 11 is 0. The highest BCUT2D eigenvalue weighted by atomic mass is 16.5. The summed E-state index contributed by atoms with van der Waals surface area (Å²) < 4.78 is 12.3. The van der Waals surface area contributed by atoms with Gasteiger partial charge in [0.2, 0.25) is 0 Å². The number of likely N-dealkylation sites (N-methyl/N-ethyl adjacent to an activating group) is 1. The molecule has 0 amide bonds. The van der Waals surface area contributed by atoms with E-state index >= 15 is 0 Å². The maximum atomic E-state index is 11.6. The van der Waals surface area contributed by atoms with Crippen molar-refractivity contribution < 1.29 is 29.6 Å². The zero-order chi connectivity index (χ0) is 38.1. The van der Waals surface area contributed by atoms with Crippen molar-refractivity contribution in [1.29, 1.82) is 0 Å². The lowest BCUT2D eigenvalue weighted by Crippen LogP contribution is -2.47. The number of rotatable bonds is 21. The summed E-state index contributed by atoms with van der Waals surface area (Å²) in [6.45, 7) is 3.89. The topological polar surface area (TPSA) is 169 Å². The van der Waals surface area contributed by atoms with Crippen LogP contribution in [0.1, 0.15) is 136 Å². The largest absolute Gasteiger partial charge is 0.504 e. The number of unbranched alkanes of at least 4 members (excludes halogenated alkanes) is 4. The molecule has 3 aliphatic carbocycles. The van der Waals surface area contributed by atoms with Gasteiger partial charge in [-0.05, 0) is 125 Å². The molecule has 2 aromatic heterocycles. The lowest BCUT2D eigenvalue weighted by molar-refractivity contribution is 0.0996. The van der Waals surface area contributed by atoms with Crippen LogP contribution < -0.4 is 21.1 Å². The van der Waals surface area contributed by atoms with Crippen LogP contribution >= 0.6 is 0 Å². The third-order valence-corrected chi connectivity index (χ3v) is 13.0. The molecule has 2 heterocycles. The van der Waals surface area contributed by atoms with E-state index in [9.17, 15) is 20.4 Å². The van der Waals surface area contributed by atoms with E-state index in [-0.39, 0.29) is 30.9 Å². The number of phenols is 1. The second-order valence-corrected chi connectivity index (χ2v) is 16.8. The number of aliphatic hydroxyl groups excluding tert-OH is 3. The molecule has 10 nitrogen and oxygen atoms in total. The molecule has 0 aliphatic heterocycles. The van der Waals surface area contributed by atoms with E-state index in [0.29, 0.717) is 42.4 Å². The molecule has 2 saturated carbocycles. The molecule has 1 aromatic carbocycles. The van der Waals surface area contributed by atoms with Gasteiger partial charge in [0.1, 0.15) is 24.2 Å². The van der Waals surface area contributed by atoms with Crippen molar-refractivity contribution in [3.05, 3.63) is 69.9 Å². The van der Waals surface area contributed by atoms with E-state index in [1.54, 1.807) is 6.07 Å². The lowest BCUT2D eigenvalue weighted by Gasteiger charge is -2.41. The number of phenolic OH excluding ortho intramolecular Hbond substituents is 1. The van der Waals surface area contributed by atoms with Crippen LogP contribution in [0.2, 0.25) is 0 Å². The molecule has 6 atom stereocenters. The second-order valence-electron chi connectivity index (χ2n) is 16.8. The number of H-pyrrole nitrogens is 1. The van der Waals surface area contributed by atoms with Crippen LogP contribution in [0.25, 0.3) is 0 Å². The Morgan fingerprint density at radius 3 is 2.54 bits per heavy atom. The number of hydrogen-bond acceptors (Lipinski definition) is 9. The summed E-state index contributed by atoms with van der Waals surface area (Å²) in [6.07, 6.45) is 16.3. The monoisotopic (exact) mass is 749 g/mol. The molecule has 0 saturated heterocycles. The fraction of sp³-hybridized carbons (Fsp3) is 0.682. The maximum Gasteiger partial charge on any atom is 0.161 e. The summed E-state index contributed by atoms with van der Waals surface area (Å²) in [6, 6.07) is 9.70. The van der Waals surface area contributed by atoms with Crippen molar-refractivity contribution in [3.8, 4) is 11.5 Å². The molecule has 300 valence electrons. The number of fused-ring (bicyclic) bond motifs is 3. The highest BCUT2D eigenvalue weighted by Crippen LogP contribution is 2.60. The van der Waals surface area contributed by atoms with Crippen LogP contribution in [0, 0.1) is 17.3 Å². The molecular formula is C44H68N4O6. The average Bonchev–Trinajstić information content (AvgIpc) is 3.98. The van der Waals surface area contributed by atoms with Crippen molar-refractivity contribution in [2.24, 2.45) is 23.0 Å². The minimum absolute atomic E-state index is 0.00607. The average molecular weight is 749 g/mol. The van der Waals surface area contributed by atoms with Crippen molar-refractivity contribution in [1.82, 2.24) is 15.6 Å². The third-order valence-electron chi connectivity index (χ3n) is 13.0. The zero-order valence-corrected chi connectivity index (χ0v) is 32.9. The maximum absolute atomic E-state index is 11.6. The first-order valence-electron chi connectivity index (χ1n) is 21.1. The van der Waals surface area contributed by atoms with E-state index in [2.05, 4.69) is 21.7 Å². The Hall–Kier alpha value is -2.86. The van der Waals surface area contributed by atoms with E-state index in [1.165, 1.54) is 56.2 Å². The zero-order valence-electron chi connectivity index (χ0n) is 32.9. The van der Waals surface area contributed by atoms with Gasteiger partial charge < -0.3 is 50.9 Å². The van der Waals surface area contributed by atoms with Crippen LogP contribution in [-0.4, -0.2) is 70.8 Å². The molecule has 1 spiro atoms. The van der Waals surface area contributed by atoms with Crippen LogP contribution in [0.5, 0.6) is 11.5 Å². The quantitative estimate of drug-likeness (QED) is 0.0581. The number of ether oxygens (including phenoxy) is 1. The number of aliphatic hydroxyl groups is 3. The fourth-order valence-electron chi connectivity index (χ4n) is 10.4. The minimum Gasteiger partial charge on any atom is -0.504 e. The number of furan rings is 1. The van der Waals surface area contributed by atoms with E-state index in [1.807, 2.05) is 32.2 Å². The Morgan fingerprint density at radius 1 is 0.981 bits per heavy atom. The SMILES string of the molecule is CNCC(NCC(C)O)C1c2cc(C(O)COc3cc(CCc4cc(CO)c(CCCCCCCN)o4)ccc3O)[nH]c2CC2(CCCC2)C2CCCC12. The molecule has 10 heteroatoms. The Kier molecular flexibility index (Phi) is 14.6. The van der Waals surface area contributed by atoms with Gasteiger partial charge in [-0.1, -0.05) is 44.6 Å². The van der Waals surface area contributed by atoms with Gasteiger partial charge in [0.25, 0.3) is 0 Å². The fourth-order valence-corrected chi connectivity index (χ4v) is 10.4. The molecule has 6 rings (SSSR count). The first-order valence-corrected chi connectivity index (χ1v) is 21.1. The van der Waals surface area contributed by atoms with Crippen molar-refractivity contribution in [2.75, 3.05) is 33.3 Å². The van der Waals surface area contributed by atoms with Gasteiger partial charge in [-0.3, -0.25) is 0 Å². The molecular weight excluding hydrogens is 681 g/mol. The van der Waals surface area contributed by atoms with Gasteiger partial charge >= 0.3 is 0 Å². The van der Waals surface area contributed by atoms with Crippen molar-refractivity contribution in [2.45, 2.75) is 140 Å². The summed E-state index contributed by atoms with van der Waals surface area (Å²) in [5.41, 5.74) is 11.1. The van der Waals surface area contributed by atoms with Crippen LogP contribution in [0.15, 0.2) is 34.7 Å². The summed E-state index contributed by atoms with van der Waals surface area (Å²) in [5, 5.41) is 49.6. The summed E-state index contributed by atoms with van der Waals surface area (Å²) in [7, 11) is 2.00. The predicted octanol–water partition coefficient (Wildman–Crippen LogP) is 6.33. The van der Waals surface area contributed by atoms with Gasteiger partial charge in [-0.2, -0.15) is 0 Å². The number of hydrogen-bond donors (Lipinski definition) is 8. The van der Waals surface area contributed by atoms with Gasteiger partial charge in [0.05, 0.1) is 12.7 Å². The minimum atomic E-state index is -0.896. The Labute approximate surface area is 322 Å². The predicted molar refractivity (Wildman–Crippen MR) is 213 cm³/mol. The lowest BCUT2D eigenvalue weighted by atomic mass is 9.65. The van der Waals surface area contributed by atoms with E-state index < -0.39 is 12.2 Å². The van der Waals surface area contributed by atoms with Crippen LogP contribution in [-0.2, 0) is 32.3 Å². The van der Waals surface area contributed by atoms with Crippen LogP contribution in [0.3, 0.4) is 0 Å². The smallest absolute Gasteiger partial charge is 0.161 e. The number of aromatic nitrogens is 1. The molecule has 0 radical (unpaired) electrons. The van der Waals surface area contributed by atoms with Crippen molar-refractivity contribution in [3.63, 3.8) is 0 Å². The standard InChI is InChI=1S/C44H68N4O6/c1-29(50)25-47-38(26-46-2)43-33-11-10-12-35(33)44(18-7-8-19-44)24-37-34(43)23-36(48-37)40(52)28-53-42-21-30(15-17-39(42)51)14-16-32-22-31(27-49)41(54-32)13-6-4-3-5-9-20-45/h15,17,21-23,29,33,35,38,40,43,46-52H,3-14,16,18-20,24-28,45H2,1-2H3.